The number of anilines is 1. The summed E-state index contributed by atoms with van der Waals surface area (Å²) in [7, 11) is 0. The molecule has 1 saturated heterocycles. The molecule has 2 aliphatic rings. The van der Waals surface area contributed by atoms with Crippen molar-refractivity contribution in [3.63, 3.8) is 0 Å². The number of amides is 4. The minimum atomic E-state index is -1.32. The number of carbonyl (C=O) groups excluding carboxylic acids is 3. The van der Waals surface area contributed by atoms with E-state index in [1.54, 1.807) is 31.2 Å². The van der Waals surface area contributed by atoms with E-state index in [2.05, 4.69) is 10.6 Å². The quantitative estimate of drug-likeness (QED) is 0.600. The SMILES string of the molecule is C[C@]1(c2ccc3c(c2)OCCCO3)NC(=O)N(CC(=O)Nc2cccc3ccccc23)C1=O. The summed E-state index contributed by atoms with van der Waals surface area (Å²) in [6, 6.07) is 17.8. The van der Waals surface area contributed by atoms with E-state index in [1.807, 2.05) is 36.4 Å². The largest absolute Gasteiger partial charge is 0.490 e. The smallest absolute Gasteiger partial charge is 0.325 e. The first-order valence-corrected chi connectivity index (χ1v) is 10.8. The molecule has 168 valence electrons. The molecule has 2 heterocycles. The summed E-state index contributed by atoms with van der Waals surface area (Å²) in [6.45, 7) is 2.29. The van der Waals surface area contributed by atoms with E-state index in [0.29, 0.717) is 36.0 Å². The molecule has 4 amide bonds. The Morgan fingerprint density at radius 1 is 1.03 bits per heavy atom. The van der Waals surface area contributed by atoms with Crippen LogP contribution in [-0.2, 0) is 15.1 Å². The maximum absolute atomic E-state index is 13.3. The third-order valence-electron chi connectivity index (χ3n) is 5.97. The molecule has 2 N–H and O–H groups in total. The summed E-state index contributed by atoms with van der Waals surface area (Å²) in [6.07, 6.45) is 0.760. The van der Waals surface area contributed by atoms with E-state index < -0.39 is 29.9 Å². The first kappa shape index (κ1) is 20.8. The zero-order valence-electron chi connectivity index (χ0n) is 18.1. The van der Waals surface area contributed by atoms with Gasteiger partial charge in [0.15, 0.2) is 11.5 Å². The van der Waals surface area contributed by atoms with Gasteiger partial charge in [0.25, 0.3) is 5.91 Å². The Hall–Kier alpha value is -4.07. The molecule has 1 fully saturated rings. The Morgan fingerprint density at radius 2 is 1.79 bits per heavy atom. The molecule has 0 saturated carbocycles. The normalized spacial score (nSPS) is 19.8. The number of fused-ring (bicyclic) bond motifs is 2. The lowest BCUT2D eigenvalue weighted by molar-refractivity contribution is -0.133. The second kappa shape index (κ2) is 8.12. The third kappa shape index (κ3) is 3.73. The minimum Gasteiger partial charge on any atom is -0.490 e. The molecule has 5 rings (SSSR count). The van der Waals surface area contributed by atoms with E-state index in [0.717, 1.165) is 22.1 Å². The van der Waals surface area contributed by atoms with E-state index in [9.17, 15) is 14.4 Å². The van der Waals surface area contributed by atoms with E-state index in [1.165, 1.54) is 0 Å². The average Bonchev–Trinajstić information content (AvgIpc) is 2.98. The third-order valence-corrected chi connectivity index (χ3v) is 5.97. The predicted octanol–water partition coefficient (Wildman–Crippen LogP) is 3.41. The van der Waals surface area contributed by atoms with Gasteiger partial charge in [-0.1, -0.05) is 42.5 Å². The highest BCUT2D eigenvalue weighted by molar-refractivity contribution is 6.11. The van der Waals surface area contributed by atoms with Crippen LogP contribution in [0.4, 0.5) is 10.5 Å². The van der Waals surface area contributed by atoms with E-state index in [-0.39, 0.29) is 0 Å². The molecule has 0 aromatic heterocycles. The van der Waals surface area contributed by atoms with Crippen LogP contribution in [0.1, 0.15) is 18.9 Å². The van der Waals surface area contributed by atoms with Crippen LogP contribution in [0.5, 0.6) is 11.5 Å². The standard InChI is InChI=1S/C25H23N3O5/c1-25(17-10-11-20-21(14-17)33-13-5-12-32-20)23(30)28(24(31)27-25)15-22(29)26-19-9-4-7-16-6-2-3-8-18(16)19/h2-4,6-11,14H,5,12-13,15H2,1H3,(H,26,29)(H,27,31)/t25-/m1/s1. The molecule has 0 radical (unpaired) electrons. The monoisotopic (exact) mass is 445 g/mol. The fourth-order valence-electron chi connectivity index (χ4n) is 4.18. The van der Waals surface area contributed by atoms with Crippen LogP contribution in [-0.4, -0.2) is 42.5 Å². The van der Waals surface area contributed by atoms with Crippen molar-refractivity contribution in [1.82, 2.24) is 10.2 Å². The molecule has 8 heteroatoms. The average molecular weight is 445 g/mol. The molecule has 1 atom stereocenters. The number of carbonyl (C=O) groups is 3. The maximum atomic E-state index is 13.3. The fourth-order valence-corrected chi connectivity index (χ4v) is 4.18. The highest BCUT2D eigenvalue weighted by Crippen LogP contribution is 2.36. The van der Waals surface area contributed by atoms with Crippen molar-refractivity contribution in [3.8, 4) is 11.5 Å². The first-order chi connectivity index (χ1) is 16.0. The van der Waals surface area contributed by atoms with Crippen LogP contribution < -0.4 is 20.1 Å². The molecule has 0 bridgehead atoms. The lowest BCUT2D eigenvalue weighted by atomic mass is 9.91. The van der Waals surface area contributed by atoms with Crippen molar-refractivity contribution >= 4 is 34.3 Å². The van der Waals surface area contributed by atoms with Crippen LogP contribution in [0, 0.1) is 0 Å². The van der Waals surface area contributed by atoms with Gasteiger partial charge in [0.1, 0.15) is 12.1 Å². The van der Waals surface area contributed by atoms with Gasteiger partial charge in [0.05, 0.1) is 13.2 Å². The highest BCUT2D eigenvalue weighted by atomic mass is 16.5. The van der Waals surface area contributed by atoms with Crippen molar-refractivity contribution in [2.45, 2.75) is 18.9 Å². The Morgan fingerprint density at radius 3 is 2.64 bits per heavy atom. The summed E-state index contributed by atoms with van der Waals surface area (Å²) in [5.41, 5.74) is -0.139. The Labute approximate surface area is 190 Å². The van der Waals surface area contributed by atoms with Gasteiger partial charge >= 0.3 is 6.03 Å². The maximum Gasteiger partial charge on any atom is 0.325 e. The zero-order chi connectivity index (χ0) is 23.0. The first-order valence-electron chi connectivity index (χ1n) is 10.8. The molecule has 0 unspecified atom stereocenters. The van der Waals surface area contributed by atoms with Crippen molar-refractivity contribution < 1.29 is 23.9 Å². The summed E-state index contributed by atoms with van der Waals surface area (Å²) < 4.78 is 11.4. The van der Waals surface area contributed by atoms with Crippen molar-refractivity contribution in [1.29, 1.82) is 0 Å². The molecule has 0 spiro atoms. The van der Waals surface area contributed by atoms with Gasteiger partial charge in [0.2, 0.25) is 5.91 Å². The highest BCUT2D eigenvalue weighted by Gasteiger charge is 2.49. The molecule has 33 heavy (non-hydrogen) atoms. The topological polar surface area (TPSA) is 97.0 Å². The van der Waals surface area contributed by atoms with Crippen molar-refractivity contribution in [3.05, 3.63) is 66.2 Å². The fraction of sp³-hybridized carbons (Fsp3) is 0.240. The molecule has 0 aliphatic carbocycles. The number of benzene rings is 3. The zero-order valence-corrected chi connectivity index (χ0v) is 18.1. The second-order valence-electron chi connectivity index (χ2n) is 8.23. The number of rotatable bonds is 4. The Kier molecular flexibility index (Phi) is 5.12. The van der Waals surface area contributed by atoms with Crippen LogP contribution in [0.2, 0.25) is 0 Å². The second-order valence-corrected chi connectivity index (χ2v) is 8.23. The molecule has 8 nitrogen and oxygen atoms in total. The summed E-state index contributed by atoms with van der Waals surface area (Å²) in [4.78, 5) is 39.6. The lowest BCUT2D eigenvalue weighted by Gasteiger charge is -2.23. The van der Waals surface area contributed by atoms with Gasteiger partial charge in [-0.25, -0.2) is 4.79 Å². The van der Waals surface area contributed by atoms with Gasteiger partial charge in [-0.05, 0) is 36.1 Å². The number of hydrogen-bond acceptors (Lipinski definition) is 5. The number of nitrogens with one attached hydrogen (secondary N) is 2. The van der Waals surface area contributed by atoms with Crippen molar-refractivity contribution in [2.24, 2.45) is 0 Å². The summed E-state index contributed by atoms with van der Waals surface area (Å²) >= 11 is 0. The molecular weight excluding hydrogens is 422 g/mol. The number of urea groups is 1. The van der Waals surface area contributed by atoms with Crippen LogP contribution in [0.15, 0.2) is 60.7 Å². The minimum absolute atomic E-state index is 0.395. The predicted molar refractivity (Wildman–Crippen MR) is 122 cm³/mol. The van der Waals surface area contributed by atoms with E-state index >= 15 is 0 Å². The number of imide groups is 1. The summed E-state index contributed by atoms with van der Waals surface area (Å²) in [5, 5.41) is 7.40. The number of ether oxygens (including phenoxy) is 2. The number of nitrogens with zero attached hydrogens (tertiary/aromatic N) is 1. The van der Waals surface area contributed by atoms with Gasteiger partial charge in [0, 0.05) is 17.5 Å². The lowest BCUT2D eigenvalue weighted by Crippen LogP contribution is -2.42. The van der Waals surface area contributed by atoms with Crippen LogP contribution in [0.3, 0.4) is 0 Å². The van der Waals surface area contributed by atoms with Gasteiger partial charge in [-0.3, -0.25) is 14.5 Å². The van der Waals surface area contributed by atoms with E-state index in [4.69, 9.17) is 9.47 Å². The molecule has 3 aromatic carbocycles. The van der Waals surface area contributed by atoms with Crippen molar-refractivity contribution in [2.75, 3.05) is 25.1 Å². The van der Waals surface area contributed by atoms with Gasteiger partial charge < -0.3 is 20.1 Å². The van der Waals surface area contributed by atoms with Crippen LogP contribution >= 0.6 is 0 Å². The Bertz CT molecular complexity index is 1270. The number of hydrogen-bond donors (Lipinski definition) is 2. The summed E-state index contributed by atoms with van der Waals surface area (Å²) in [5.74, 6) is 0.163. The van der Waals surface area contributed by atoms with Crippen LogP contribution in [0.25, 0.3) is 10.8 Å². The molecule has 2 aliphatic heterocycles. The molecular formula is C25H23N3O5. The van der Waals surface area contributed by atoms with Gasteiger partial charge in [-0.2, -0.15) is 0 Å². The van der Waals surface area contributed by atoms with Gasteiger partial charge in [-0.15, -0.1) is 0 Å². The molecule has 3 aromatic rings. The Balaban J connectivity index is 1.35.